The van der Waals surface area contributed by atoms with Gasteiger partial charge in [0.15, 0.2) is 0 Å². The molecule has 0 heterocycles. The lowest BCUT2D eigenvalue weighted by molar-refractivity contribution is 0.455. The Morgan fingerprint density at radius 1 is 1.11 bits per heavy atom. The molecule has 0 aliphatic carbocycles. The van der Waals surface area contributed by atoms with Crippen molar-refractivity contribution in [3.05, 3.63) is 54.8 Å². The van der Waals surface area contributed by atoms with Crippen molar-refractivity contribution in [1.29, 1.82) is 0 Å². The number of rotatable bonds is 3. The van der Waals surface area contributed by atoms with E-state index < -0.39 is 0 Å². The summed E-state index contributed by atoms with van der Waals surface area (Å²) in [7, 11) is 0. The summed E-state index contributed by atoms with van der Waals surface area (Å²) >= 11 is 0. The molecule has 0 bridgehead atoms. The highest BCUT2D eigenvalue weighted by molar-refractivity contribution is 5.99. The van der Waals surface area contributed by atoms with Gasteiger partial charge in [0.25, 0.3) is 0 Å². The van der Waals surface area contributed by atoms with Gasteiger partial charge in [-0.1, -0.05) is 25.3 Å². The van der Waals surface area contributed by atoms with Crippen LogP contribution in [0.2, 0.25) is 0 Å². The van der Waals surface area contributed by atoms with E-state index in [1.807, 2.05) is 19.1 Å². The van der Waals surface area contributed by atoms with Crippen molar-refractivity contribution in [2.45, 2.75) is 6.92 Å². The summed E-state index contributed by atoms with van der Waals surface area (Å²) in [5, 5.41) is 23.9. The van der Waals surface area contributed by atoms with Gasteiger partial charge in [0.2, 0.25) is 0 Å². The summed E-state index contributed by atoms with van der Waals surface area (Å²) in [6.07, 6.45) is 0. The van der Waals surface area contributed by atoms with E-state index in [0.29, 0.717) is 11.1 Å². The van der Waals surface area contributed by atoms with Crippen molar-refractivity contribution < 1.29 is 10.2 Å². The fraction of sp³-hybridized carbons (Fsp3) is 0.0667. The lowest BCUT2D eigenvalue weighted by Crippen LogP contribution is -1.99. The van der Waals surface area contributed by atoms with Gasteiger partial charge in [0.05, 0.1) is 0 Å². The van der Waals surface area contributed by atoms with Crippen LogP contribution in [0.4, 0.5) is 5.69 Å². The van der Waals surface area contributed by atoms with E-state index >= 15 is 0 Å². The number of phenolic OH excluding ortho intramolecular Hbond substituents is 2. The highest BCUT2D eigenvalue weighted by atomic mass is 16.3. The first-order valence-corrected chi connectivity index (χ1v) is 5.55. The topological polar surface area (TPSA) is 52.5 Å². The van der Waals surface area contributed by atoms with Gasteiger partial charge >= 0.3 is 0 Å². The minimum atomic E-state index is 0.0233. The Hall–Kier alpha value is -2.42. The molecule has 2 aromatic rings. The third-order valence-electron chi connectivity index (χ3n) is 2.76. The third-order valence-corrected chi connectivity index (χ3v) is 2.76. The van der Waals surface area contributed by atoms with E-state index in [1.54, 1.807) is 12.1 Å². The van der Waals surface area contributed by atoms with Crippen molar-refractivity contribution in [3.63, 3.8) is 0 Å². The van der Waals surface area contributed by atoms with Gasteiger partial charge in [0, 0.05) is 28.2 Å². The maximum Gasteiger partial charge on any atom is 0.127 e. The second kappa shape index (κ2) is 4.45. The SMILES string of the molecule is C=C(C)C(=C)Nc1cccc2c(O)cc(O)cc12. The van der Waals surface area contributed by atoms with Crippen LogP contribution >= 0.6 is 0 Å². The molecule has 0 spiro atoms. The smallest absolute Gasteiger partial charge is 0.127 e. The monoisotopic (exact) mass is 241 g/mol. The molecule has 0 amide bonds. The first kappa shape index (κ1) is 12.0. The number of nitrogens with one attached hydrogen (secondary N) is 1. The van der Waals surface area contributed by atoms with E-state index in [2.05, 4.69) is 18.5 Å². The molecule has 0 aromatic heterocycles. The predicted molar refractivity (Wildman–Crippen MR) is 74.9 cm³/mol. The fourth-order valence-electron chi connectivity index (χ4n) is 1.73. The van der Waals surface area contributed by atoms with E-state index in [4.69, 9.17) is 0 Å². The molecule has 92 valence electrons. The quantitative estimate of drug-likeness (QED) is 0.717. The van der Waals surface area contributed by atoms with Gasteiger partial charge in [0.1, 0.15) is 11.5 Å². The van der Waals surface area contributed by atoms with E-state index in [9.17, 15) is 10.2 Å². The highest BCUT2D eigenvalue weighted by Crippen LogP contribution is 2.34. The second-order valence-electron chi connectivity index (χ2n) is 4.25. The Morgan fingerprint density at radius 3 is 2.50 bits per heavy atom. The standard InChI is InChI=1S/C15H15NO2/c1-9(2)10(3)16-14-6-4-5-12-13(14)7-11(17)8-15(12)18/h4-8,16-18H,1,3H2,2H3. The van der Waals surface area contributed by atoms with Crippen LogP contribution < -0.4 is 5.32 Å². The average molecular weight is 241 g/mol. The number of phenols is 2. The number of benzene rings is 2. The largest absolute Gasteiger partial charge is 0.508 e. The second-order valence-corrected chi connectivity index (χ2v) is 4.25. The van der Waals surface area contributed by atoms with E-state index in [-0.39, 0.29) is 11.5 Å². The molecule has 2 rings (SSSR count). The van der Waals surface area contributed by atoms with Crippen LogP contribution in [0, 0.1) is 0 Å². The molecule has 0 radical (unpaired) electrons. The molecule has 18 heavy (non-hydrogen) atoms. The molecule has 0 atom stereocenters. The van der Waals surface area contributed by atoms with Crippen LogP contribution in [0.15, 0.2) is 54.8 Å². The molecule has 3 nitrogen and oxygen atoms in total. The molecule has 2 aromatic carbocycles. The van der Waals surface area contributed by atoms with E-state index in [1.165, 1.54) is 6.07 Å². The third kappa shape index (κ3) is 2.15. The molecule has 0 unspecified atom stereocenters. The van der Waals surface area contributed by atoms with Gasteiger partial charge in [-0.25, -0.2) is 0 Å². The van der Waals surface area contributed by atoms with Crippen LogP contribution in [0.3, 0.4) is 0 Å². The van der Waals surface area contributed by atoms with Gasteiger partial charge in [-0.15, -0.1) is 0 Å². The number of aromatic hydroxyl groups is 2. The van der Waals surface area contributed by atoms with Crippen LogP contribution in [0.5, 0.6) is 11.5 Å². The molecule has 0 aliphatic heterocycles. The van der Waals surface area contributed by atoms with Crippen molar-refractivity contribution >= 4 is 16.5 Å². The number of anilines is 1. The van der Waals surface area contributed by atoms with Gasteiger partial charge in [-0.3, -0.25) is 0 Å². The molecular formula is C15H15NO2. The van der Waals surface area contributed by atoms with Gasteiger partial charge in [-0.05, 0) is 24.6 Å². The van der Waals surface area contributed by atoms with Crippen LogP contribution in [-0.2, 0) is 0 Å². The number of fused-ring (bicyclic) bond motifs is 1. The number of allylic oxidation sites excluding steroid dienone is 1. The minimum Gasteiger partial charge on any atom is -0.508 e. The van der Waals surface area contributed by atoms with Gasteiger partial charge in [-0.2, -0.15) is 0 Å². The fourth-order valence-corrected chi connectivity index (χ4v) is 1.73. The maximum atomic E-state index is 9.79. The Bertz CT molecular complexity index is 644. The molecule has 0 aliphatic rings. The van der Waals surface area contributed by atoms with Gasteiger partial charge < -0.3 is 15.5 Å². The Morgan fingerprint density at radius 2 is 1.83 bits per heavy atom. The molecular weight excluding hydrogens is 226 g/mol. The predicted octanol–water partition coefficient (Wildman–Crippen LogP) is 3.75. The zero-order valence-corrected chi connectivity index (χ0v) is 10.2. The molecule has 0 fully saturated rings. The van der Waals surface area contributed by atoms with Crippen LogP contribution in [0.25, 0.3) is 10.8 Å². The Kier molecular flexibility index (Phi) is 2.98. The van der Waals surface area contributed by atoms with Crippen molar-refractivity contribution in [2.75, 3.05) is 5.32 Å². The summed E-state index contributed by atoms with van der Waals surface area (Å²) in [4.78, 5) is 0. The summed E-state index contributed by atoms with van der Waals surface area (Å²) in [5.41, 5.74) is 2.30. The summed E-state index contributed by atoms with van der Waals surface area (Å²) < 4.78 is 0. The number of hydrogen-bond donors (Lipinski definition) is 3. The normalized spacial score (nSPS) is 10.3. The Balaban J connectivity index is 2.58. The molecule has 3 heteroatoms. The molecule has 0 saturated heterocycles. The van der Waals surface area contributed by atoms with Crippen molar-refractivity contribution in [3.8, 4) is 11.5 Å². The van der Waals surface area contributed by atoms with Crippen LogP contribution in [-0.4, -0.2) is 10.2 Å². The average Bonchev–Trinajstić information content (AvgIpc) is 2.29. The first-order chi connectivity index (χ1) is 8.49. The summed E-state index contributed by atoms with van der Waals surface area (Å²) in [5.74, 6) is 0.0739. The van der Waals surface area contributed by atoms with Crippen LogP contribution in [0.1, 0.15) is 6.92 Å². The zero-order valence-electron chi connectivity index (χ0n) is 10.2. The molecule has 3 N–H and O–H groups in total. The summed E-state index contributed by atoms with van der Waals surface area (Å²) in [6, 6.07) is 8.39. The lowest BCUT2D eigenvalue weighted by Gasteiger charge is -2.13. The van der Waals surface area contributed by atoms with E-state index in [0.717, 1.165) is 16.6 Å². The number of hydrogen-bond acceptors (Lipinski definition) is 3. The zero-order chi connectivity index (χ0) is 13.3. The summed E-state index contributed by atoms with van der Waals surface area (Å²) in [6.45, 7) is 9.53. The molecule has 0 saturated carbocycles. The Labute approximate surface area is 106 Å². The van der Waals surface area contributed by atoms with Crippen molar-refractivity contribution in [1.82, 2.24) is 0 Å². The first-order valence-electron chi connectivity index (χ1n) is 5.55. The maximum absolute atomic E-state index is 9.79. The minimum absolute atomic E-state index is 0.0233. The highest BCUT2D eigenvalue weighted by Gasteiger charge is 2.07. The lowest BCUT2D eigenvalue weighted by atomic mass is 10.1. The van der Waals surface area contributed by atoms with Crippen molar-refractivity contribution in [2.24, 2.45) is 0 Å².